The number of hydrogen-bond acceptors (Lipinski definition) is 1. The molecule has 24 heavy (non-hydrogen) atoms. The summed E-state index contributed by atoms with van der Waals surface area (Å²) in [5, 5.41) is 3.29. The van der Waals surface area contributed by atoms with Crippen LogP contribution in [0.3, 0.4) is 0 Å². The first-order valence-electron chi connectivity index (χ1n) is 7.56. The number of hydrogen-bond donors (Lipinski definition) is 0. The largest absolute Gasteiger partial charge is 0.289 e. The highest BCUT2D eigenvalue weighted by Gasteiger charge is 2.17. The number of halogens is 2. The van der Waals surface area contributed by atoms with E-state index in [0.29, 0.717) is 26.9 Å². The lowest BCUT2D eigenvalue weighted by Crippen LogP contribution is -2.04. The van der Waals surface area contributed by atoms with E-state index in [9.17, 15) is 9.18 Å². The molecule has 0 aromatic heterocycles. The van der Waals surface area contributed by atoms with E-state index in [2.05, 4.69) is 0 Å². The van der Waals surface area contributed by atoms with Crippen LogP contribution < -0.4 is 0 Å². The molecule has 1 nitrogen and oxygen atoms in total. The Morgan fingerprint density at radius 1 is 0.667 bits per heavy atom. The molecule has 4 rings (SSSR count). The summed E-state index contributed by atoms with van der Waals surface area (Å²) in [6, 6.07) is 20.9. The van der Waals surface area contributed by atoms with Crippen molar-refractivity contribution in [1.29, 1.82) is 0 Å². The molecule has 0 unspecified atom stereocenters. The molecule has 0 aliphatic heterocycles. The van der Waals surface area contributed by atoms with E-state index in [0.717, 1.165) is 10.8 Å². The molecule has 4 aromatic rings. The third-order valence-corrected chi connectivity index (χ3v) is 4.56. The molecular formula is C21H12ClFO. The Labute approximate surface area is 143 Å². The zero-order valence-corrected chi connectivity index (χ0v) is 13.3. The first kappa shape index (κ1) is 14.9. The van der Waals surface area contributed by atoms with Crippen LogP contribution in [0.1, 0.15) is 15.9 Å². The molecule has 4 aromatic carbocycles. The summed E-state index contributed by atoms with van der Waals surface area (Å²) < 4.78 is 14.0. The van der Waals surface area contributed by atoms with Crippen LogP contribution >= 0.6 is 11.6 Å². The average Bonchev–Trinajstić information content (AvgIpc) is 2.62. The molecule has 0 radical (unpaired) electrons. The Balaban J connectivity index is 1.99. The molecule has 3 heteroatoms. The second-order valence-corrected chi connectivity index (χ2v) is 6.02. The summed E-state index contributed by atoms with van der Waals surface area (Å²) in [5.74, 6) is -0.470. The van der Waals surface area contributed by atoms with Crippen LogP contribution in [-0.4, -0.2) is 5.78 Å². The normalized spacial score (nSPS) is 11.1. The van der Waals surface area contributed by atoms with Crippen molar-refractivity contribution in [3.8, 4) is 0 Å². The predicted octanol–water partition coefficient (Wildman–Crippen LogP) is 6.02. The van der Waals surface area contributed by atoms with E-state index >= 15 is 0 Å². The maximum atomic E-state index is 14.0. The summed E-state index contributed by atoms with van der Waals surface area (Å²) in [4.78, 5) is 13.1. The third kappa shape index (κ3) is 2.27. The molecule has 0 aliphatic carbocycles. The Bertz CT molecular complexity index is 1010. The van der Waals surface area contributed by atoms with Gasteiger partial charge < -0.3 is 0 Å². The van der Waals surface area contributed by atoms with Gasteiger partial charge >= 0.3 is 0 Å². The fourth-order valence-electron chi connectivity index (χ4n) is 3.07. The summed E-state index contributed by atoms with van der Waals surface area (Å²) in [5.41, 5.74) is 1.05. The molecule has 0 spiro atoms. The second-order valence-electron chi connectivity index (χ2n) is 5.61. The Kier molecular flexibility index (Phi) is 3.55. The number of carbonyl (C=O) groups excluding carboxylic acids is 1. The summed E-state index contributed by atoms with van der Waals surface area (Å²) in [6.45, 7) is 0. The average molecular weight is 335 g/mol. The van der Waals surface area contributed by atoms with Gasteiger partial charge in [-0.2, -0.15) is 0 Å². The second kappa shape index (κ2) is 5.73. The molecule has 0 aliphatic rings. The fourth-order valence-corrected chi connectivity index (χ4v) is 3.29. The van der Waals surface area contributed by atoms with Crippen LogP contribution in [0.5, 0.6) is 0 Å². The minimum atomic E-state index is -0.330. The van der Waals surface area contributed by atoms with Crippen molar-refractivity contribution in [3.63, 3.8) is 0 Å². The smallest absolute Gasteiger partial charge is 0.194 e. The first-order chi connectivity index (χ1) is 11.7. The summed E-state index contributed by atoms with van der Waals surface area (Å²) in [6.07, 6.45) is 0. The Morgan fingerprint density at radius 2 is 1.17 bits per heavy atom. The fraction of sp³-hybridized carbons (Fsp3) is 0. The maximum absolute atomic E-state index is 14.0. The van der Waals surface area contributed by atoms with Crippen molar-refractivity contribution in [3.05, 3.63) is 94.8 Å². The van der Waals surface area contributed by atoms with Gasteiger partial charge in [0.15, 0.2) is 5.78 Å². The van der Waals surface area contributed by atoms with Crippen LogP contribution in [0.25, 0.3) is 21.5 Å². The standard InChI is InChI=1S/C21H12ClFO/c22-19-11-9-17(13-5-1-3-7-15(13)19)21(24)18-10-12-20(23)16-8-4-2-6-14(16)18/h1-12H. The lowest BCUT2D eigenvalue weighted by Gasteiger charge is -2.10. The van der Waals surface area contributed by atoms with Crippen molar-refractivity contribution in [2.24, 2.45) is 0 Å². The quantitative estimate of drug-likeness (QED) is 0.410. The molecule has 116 valence electrons. The number of carbonyl (C=O) groups is 1. The molecule has 0 bridgehead atoms. The molecular weight excluding hydrogens is 323 g/mol. The first-order valence-corrected chi connectivity index (χ1v) is 7.94. The third-order valence-electron chi connectivity index (χ3n) is 4.23. The Hall–Kier alpha value is -2.71. The Morgan fingerprint density at radius 3 is 1.83 bits per heavy atom. The number of fused-ring (bicyclic) bond motifs is 2. The molecule has 0 saturated carbocycles. The van der Waals surface area contributed by atoms with Crippen LogP contribution in [0.15, 0.2) is 72.8 Å². The number of rotatable bonds is 2. The lowest BCUT2D eigenvalue weighted by molar-refractivity contribution is 0.104. The van der Waals surface area contributed by atoms with Crippen molar-refractivity contribution in [2.75, 3.05) is 0 Å². The number of benzene rings is 4. The van der Waals surface area contributed by atoms with E-state index in [1.807, 2.05) is 24.3 Å². The minimum absolute atomic E-state index is 0.140. The number of ketones is 1. The van der Waals surface area contributed by atoms with E-state index in [-0.39, 0.29) is 11.6 Å². The molecule has 0 amide bonds. The summed E-state index contributed by atoms with van der Waals surface area (Å²) >= 11 is 6.23. The van der Waals surface area contributed by atoms with Crippen LogP contribution in [0, 0.1) is 5.82 Å². The van der Waals surface area contributed by atoms with Gasteiger partial charge in [-0.25, -0.2) is 4.39 Å². The van der Waals surface area contributed by atoms with Gasteiger partial charge in [0, 0.05) is 26.9 Å². The van der Waals surface area contributed by atoms with Gasteiger partial charge in [0.2, 0.25) is 0 Å². The van der Waals surface area contributed by atoms with Gasteiger partial charge in [-0.15, -0.1) is 0 Å². The van der Waals surface area contributed by atoms with Crippen LogP contribution in [0.4, 0.5) is 4.39 Å². The zero-order chi connectivity index (χ0) is 16.7. The van der Waals surface area contributed by atoms with Crippen molar-refractivity contribution in [1.82, 2.24) is 0 Å². The van der Waals surface area contributed by atoms with Gasteiger partial charge in [0.05, 0.1) is 0 Å². The zero-order valence-electron chi connectivity index (χ0n) is 12.6. The topological polar surface area (TPSA) is 17.1 Å². The van der Waals surface area contributed by atoms with E-state index in [1.165, 1.54) is 6.07 Å². The molecule has 0 N–H and O–H groups in total. The van der Waals surface area contributed by atoms with Gasteiger partial charge in [-0.3, -0.25) is 4.79 Å². The van der Waals surface area contributed by atoms with E-state index in [1.54, 1.807) is 42.5 Å². The highest BCUT2D eigenvalue weighted by molar-refractivity contribution is 6.36. The highest BCUT2D eigenvalue weighted by atomic mass is 35.5. The molecule has 0 atom stereocenters. The summed E-state index contributed by atoms with van der Waals surface area (Å²) in [7, 11) is 0. The minimum Gasteiger partial charge on any atom is -0.289 e. The monoisotopic (exact) mass is 334 g/mol. The van der Waals surface area contributed by atoms with E-state index < -0.39 is 0 Å². The highest BCUT2D eigenvalue weighted by Crippen LogP contribution is 2.30. The predicted molar refractivity (Wildman–Crippen MR) is 96.3 cm³/mol. The SMILES string of the molecule is O=C(c1ccc(F)c2ccccc12)c1ccc(Cl)c2ccccc12. The van der Waals surface area contributed by atoms with Crippen molar-refractivity contribution < 1.29 is 9.18 Å². The van der Waals surface area contributed by atoms with Gasteiger partial charge in [0.1, 0.15) is 5.82 Å². The molecule has 0 heterocycles. The van der Waals surface area contributed by atoms with E-state index in [4.69, 9.17) is 11.6 Å². The van der Waals surface area contributed by atoms with Crippen molar-refractivity contribution in [2.45, 2.75) is 0 Å². The van der Waals surface area contributed by atoms with Crippen molar-refractivity contribution >= 4 is 38.9 Å². The molecule has 0 saturated heterocycles. The van der Waals surface area contributed by atoms with Gasteiger partial charge in [0.25, 0.3) is 0 Å². The van der Waals surface area contributed by atoms with Gasteiger partial charge in [-0.05, 0) is 35.0 Å². The van der Waals surface area contributed by atoms with Crippen LogP contribution in [-0.2, 0) is 0 Å². The van der Waals surface area contributed by atoms with Gasteiger partial charge in [-0.1, -0.05) is 60.1 Å². The maximum Gasteiger partial charge on any atom is 0.194 e. The van der Waals surface area contributed by atoms with Crippen LogP contribution in [0.2, 0.25) is 5.02 Å². The lowest BCUT2D eigenvalue weighted by atomic mass is 9.94. The molecule has 0 fully saturated rings.